The molecular weight excluding hydrogens is 390 g/mol. The lowest BCUT2D eigenvalue weighted by Gasteiger charge is -2.35. The van der Waals surface area contributed by atoms with E-state index in [2.05, 4.69) is 46.6 Å². The molecule has 2 aromatic carbocycles. The molecule has 6 nitrogen and oxygen atoms in total. The molecule has 4 rings (SSSR count). The van der Waals surface area contributed by atoms with Gasteiger partial charge in [-0.25, -0.2) is 0 Å². The van der Waals surface area contributed by atoms with Crippen LogP contribution in [0.5, 0.6) is 0 Å². The zero-order valence-electron chi connectivity index (χ0n) is 18.1. The number of nitrogens with one attached hydrogen (secondary N) is 1. The van der Waals surface area contributed by atoms with Crippen molar-refractivity contribution in [3.63, 3.8) is 0 Å². The van der Waals surface area contributed by atoms with Crippen LogP contribution >= 0.6 is 0 Å². The lowest BCUT2D eigenvalue weighted by molar-refractivity contribution is -0.142. The molecular formula is C25H31N3O3. The number of hydrogen-bond acceptors (Lipinski definition) is 4. The van der Waals surface area contributed by atoms with Gasteiger partial charge in [-0.15, -0.1) is 0 Å². The Bertz CT molecular complexity index is 871. The summed E-state index contributed by atoms with van der Waals surface area (Å²) in [5, 5.41) is 3.10. The lowest BCUT2D eigenvalue weighted by atomic mass is 10.0. The van der Waals surface area contributed by atoms with E-state index in [9.17, 15) is 9.59 Å². The number of carbonyl (C=O) groups excluding carboxylic acids is 2. The van der Waals surface area contributed by atoms with E-state index in [4.69, 9.17) is 4.74 Å². The average Bonchev–Trinajstić information content (AvgIpc) is 3.35. The number of ether oxygens (including phenoxy) is 1. The molecule has 164 valence electrons. The van der Waals surface area contributed by atoms with Crippen LogP contribution in [0.25, 0.3) is 11.1 Å². The topological polar surface area (TPSA) is 61.9 Å². The Morgan fingerprint density at radius 2 is 1.68 bits per heavy atom. The maximum atomic E-state index is 12.6. The quantitative estimate of drug-likeness (QED) is 0.779. The zero-order chi connectivity index (χ0) is 21.6. The number of piperazine rings is 1. The second kappa shape index (κ2) is 10.1. The van der Waals surface area contributed by atoms with Gasteiger partial charge in [-0.3, -0.25) is 14.5 Å². The molecule has 0 saturated carbocycles. The van der Waals surface area contributed by atoms with Crippen molar-refractivity contribution in [2.75, 3.05) is 39.3 Å². The summed E-state index contributed by atoms with van der Waals surface area (Å²) < 4.78 is 5.51. The first-order chi connectivity index (χ1) is 15.1. The van der Waals surface area contributed by atoms with Gasteiger partial charge in [0.1, 0.15) is 6.10 Å². The fourth-order valence-corrected chi connectivity index (χ4v) is 4.27. The molecule has 0 aromatic heterocycles. The first-order valence-corrected chi connectivity index (χ1v) is 11.2. The summed E-state index contributed by atoms with van der Waals surface area (Å²) in [5.41, 5.74) is 3.43. The minimum Gasteiger partial charge on any atom is -0.368 e. The van der Waals surface area contributed by atoms with Crippen LogP contribution in [0.1, 0.15) is 31.4 Å². The van der Waals surface area contributed by atoms with Crippen molar-refractivity contribution in [2.45, 2.75) is 31.9 Å². The largest absolute Gasteiger partial charge is 0.368 e. The highest BCUT2D eigenvalue weighted by Crippen LogP contribution is 2.22. The molecule has 2 saturated heterocycles. The van der Waals surface area contributed by atoms with Crippen molar-refractivity contribution in [1.82, 2.24) is 15.1 Å². The van der Waals surface area contributed by atoms with Gasteiger partial charge in [0.15, 0.2) is 0 Å². The monoisotopic (exact) mass is 421 g/mol. The summed E-state index contributed by atoms with van der Waals surface area (Å²) in [6, 6.07) is 18.5. The van der Waals surface area contributed by atoms with E-state index in [0.29, 0.717) is 39.3 Å². The summed E-state index contributed by atoms with van der Waals surface area (Å²) in [6.07, 6.45) is 1.53. The summed E-state index contributed by atoms with van der Waals surface area (Å²) in [4.78, 5) is 29.0. The Hall–Kier alpha value is -2.70. The molecule has 0 spiro atoms. The van der Waals surface area contributed by atoms with E-state index >= 15 is 0 Å². The first-order valence-electron chi connectivity index (χ1n) is 11.2. The van der Waals surface area contributed by atoms with E-state index < -0.39 is 0 Å². The van der Waals surface area contributed by atoms with Gasteiger partial charge >= 0.3 is 0 Å². The number of nitrogens with zero attached hydrogens (tertiary/aromatic N) is 2. The SMILES string of the molecule is C[C@H](NC(=O)CN1CCN(C(=O)[C@@H]2CCCO2)CC1)c1ccc(-c2ccccc2)cc1. The predicted molar refractivity (Wildman–Crippen MR) is 120 cm³/mol. The highest BCUT2D eigenvalue weighted by Gasteiger charge is 2.30. The van der Waals surface area contributed by atoms with Crippen LogP contribution in [0.3, 0.4) is 0 Å². The number of benzene rings is 2. The van der Waals surface area contributed by atoms with Gasteiger partial charge in [0.2, 0.25) is 5.91 Å². The van der Waals surface area contributed by atoms with Crippen molar-refractivity contribution in [3.05, 3.63) is 60.2 Å². The molecule has 0 bridgehead atoms. The summed E-state index contributed by atoms with van der Waals surface area (Å²) in [7, 11) is 0. The van der Waals surface area contributed by atoms with Crippen molar-refractivity contribution < 1.29 is 14.3 Å². The van der Waals surface area contributed by atoms with Crippen molar-refractivity contribution in [1.29, 1.82) is 0 Å². The molecule has 2 aromatic rings. The molecule has 1 N–H and O–H groups in total. The fraction of sp³-hybridized carbons (Fsp3) is 0.440. The third-order valence-corrected chi connectivity index (χ3v) is 6.15. The van der Waals surface area contributed by atoms with Crippen LogP contribution in [0.15, 0.2) is 54.6 Å². The number of amides is 2. The molecule has 0 unspecified atom stereocenters. The average molecular weight is 422 g/mol. The Balaban J connectivity index is 1.23. The van der Waals surface area contributed by atoms with Gasteiger partial charge in [0.05, 0.1) is 12.6 Å². The molecule has 2 heterocycles. The Kier molecular flexibility index (Phi) is 6.99. The summed E-state index contributed by atoms with van der Waals surface area (Å²) in [6.45, 7) is 5.79. The standard InChI is InChI=1S/C25H31N3O3/c1-19(20-9-11-22(12-10-20)21-6-3-2-4-7-21)26-24(29)18-27-13-15-28(16-14-27)25(30)23-8-5-17-31-23/h2-4,6-7,9-12,19,23H,5,8,13-18H2,1H3,(H,26,29)/t19-,23-/m0/s1. The highest BCUT2D eigenvalue weighted by atomic mass is 16.5. The fourth-order valence-electron chi connectivity index (χ4n) is 4.27. The van der Waals surface area contributed by atoms with Crippen molar-refractivity contribution in [2.24, 2.45) is 0 Å². The first kappa shape index (κ1) is 21.5. The Morgan fingerprint density at radius 3 is 2.32 bits per heavy atom. The Labute approximate surface area is 184 Å². The van der Waals surface area contributed by atoms with Gasteiger partial charge in [-0.2, -0.15) is 0 Å². The number of hydrogen-bond donors (Lipinski definition) is 1. The molecule has 0 radical (unpaired) electrons. The maximum absolute atomic E-state index is 12.6. The van der Waals surface area contributed by atoms with Crippen LogP contribution in [0.4, 0.5) is 0 Å². The Morgan fingerprint density at radius 1 is 1.00 bits per heavy atom. The van der Waals surface area contributed by atoms with Crippen LogP contribution in [-0.2, 0) is 14.3 Å². The van der Waals surface area contributed by atoms with Crippen LogP contribution in [0, 0.1) is 0 Å². The molecule has 6 heteroatoms. The maximum Gasteiger partial charge on any atom is 0.251 e. The highest BCUT2D eigenvalue weighted by molar-refractivity contribution is 5.81. The number of carbonyl (C=O) groups is 2. The predicted octanol–water partition coefficient (Wildman–Crippen LogP) is 2.85. The van der Waals surface area contributed by atoms with Crippen LogP contribution in [-0.4, -0.2) is 67.0 Å². The van der Waals surface area contributed by atoms with E-state index in [1.165, 1.54) is 11.1 Å². The lowest BCUT2D eigenvalue weighted by Crippen LogP contribution is -2.53. The molecule has 2 fully saturated rings. The van der Waals surface area contributed by atoms with E-state index in [1.54, 1.807) is 0 Å². The van der Waals surface area contributed by atoms with Crippen molar-refractivity contribution >= 4 is 11.8 Å². The molecule has 2 aliphatic rings. The minimum absolute atomic E-state index is 0.0125. The molecule has 31 heavy (non-hydrogen) atoms. The van der Waals surface area contributed by atoms with Gasteiger partial charge < -0.3 is 15.0 Å². The third-order valence-electron chi connectivity index (χ3n) is 6.15. The molecule has 2 amide bonds. The molecule has 2 aliphatic heterocycles. The van der Waals surface area contributed by atoms with E-state index in [0.717, 1.165) is 18.4 Å². The van der Waals surface area contributed by atoms with Crippen LogP contribution in [0.2, 0.25) is 0 Å². The molecule has 2 atom stereocenters. The number of rotatable bonds is 6. The van der Waals surface area contributed by atoms with E-state index in [-0.39, 0.29) is 24.0 Å². The second-order valence-electron chi connectivity index (χ2n) is 8.38. The zero-order valence-corrected chi connectivity index (χ0v) is 18.1. The third kappa shape index (κ3) is 5.51. The van der Waals surface area contributed by atoms with E-state index in [1.807, 2.05) is 30.0 Å². The normalized spacial score (nSPS) is 20.4. The van der Waals surface area contributed by atoms with Gasteiger partial charge in [0.25, 0.3) is 5.91 Å². The summed E-state index contributed by atoms with van der Waals surface area (Å²) in [5.74, 6) is 0.118. The van der Waals surface area contributed by atoms with Gasteiger partial charge in [-0.1, -0.05) is 54.6 Å². The summed E-state index contributed by atoms with van der Waals surface area (Å²) >= 11 is 0. The second-order valence-corrected chi connectivity index (χ2v) is 8.38. The van der Waals surface area contributed by atoms with Gasteiger partial charge in [0, 0.05) is 32.8 Å². The van der Waals surface area contributed by atoms with Crippen molar-refractivity contribution in [3.8, 4) is 11.1 Å². The van der Waals surface area contributed by atoms with Gasteiger partial charge in [-0.05, 0) is 36.5 Å². The molecule has 0 aliphatic carbocycles. The minimum atomic E-state index is -0.260. The smallest absolute Gasteiger partial charge is 0.251 e. The van der Waals surface area contributed by atoms with Crippen LogP contribution < -0.4 is 5.32 Å².